The lowest BCUT2D eigenvalue weighted by atomic mass is 9.95. The Morgan fingerprint density at radius 1 is 1.24 bits per heavy atom. The third-order valence-electron chi connectivity index (χ3n) is 3.82. The van der Waals surface area contributed by atoms with Crippen molar-refractivity contribution in [3.05, 3.63) is 23.9 Å². The second-order valence-electron chi connectivity index (χ2n) is 6.87. The van der Waals surface area contributed by atoms with Crippen molar-refractivity contribution >= 4 is 0 Å². The van der Waals surface area contributed by atoms with Gasteiger partial charge in [-0.05, 0) is 45.6 Å². The summed E-state index contributed by atoms with van der Waals surface area (Å²) in [4.78, 5) is 4.42. The van der Waals surface area contributed by atoms with E-state index in [1.807, 2.05) is 12.3 Å². The molecule has 0 radical (unpaired) electrons. The lowest BCUT2D eigenvalue weighted by molar-refractivity contribution is 0.0195. The summed E-state index contributed by atoms with van der Waals surface area (Å²) >= 11 is 0. The first kappa shape index (κ1) is 16.2. The lowest BCUT2D eigenvalue weighted by Gasteiger charge is -2.28. The van der Waals surface area contributed by atoms with Gasteiger partial charge in [0.05, 0.1) is 6.10 Å². The van der Waals surface area contributed by atoms with Crippen LogP contribution in [-0.4, -0.2) is 29.8 Å². The summed E-state index contributed by atoms with van der Waals surface area (Å²) in [5.41, 5.74) is 1.29. The first-order valence-corrected chi connectivity index (χ1v) is 7.86. The van der Waals surface area contributed by atoms with E-state index in [1.165, 1.54) is 5.56 Å². The van der Waals surface area contributed by atoms with E-state index >= 15 is 0 Å². The van der Waals surface area contributed by atoms with Crippen LogP contribution in [0.1, 0.15) is 52.0 Å². The molecule has 1 aliphatic rings. The standard InChI is InChI=1S/C17H28N2O2/c1-17(2,3)19-12-13-8-9-16(18-11-13)21-15-7-5-6-14(10-15)20-4/h8-9,11,14-15,19H,5-7,10,12H2,1-4H3. The second kappa shape index (κ2) is 7.23. The molecule has 0 spiro atoms. The maximum absolute atomic E-state index is 5.98. The molecule has 1 heterocycles. The summed E-state index contributed by atoms with van der Waals surface area (Å²) in [7, 11) is 1.78. The molecule has 1 aliphatic carbocycles. The number of hydrogen-bond donors (Lipinski definition) is 1. The van der Waals surface area contributed by atoms with Crippen molar-refractivity contribution in [1.82, 2.24) is 10.3 Å². The van der Waals surface area contributed by atoms with Gasteiger partial charge in [-0.1, -0.05) is 6.07 Å². The topological polar surface area (TPSA) is 43.4 Å². The molecule has 21 heavy (non-hydrogen) atoms. The summed E-state index contributed by atoms with van der Waals surface area (Å²) in [5.74, 6) is 0.719. The zero-order valence-corrected chi connectivity index (χ0v) is 13.7. The monoisotopic (exact) mass is 292 g/mol. The van der Waals surface area contributed by atoms with E-state index in [4.69, 9.17) is 9.47 Å². The molecule has 1 fully saturated rings. The summed E-state index contributed by atoms with van der Waals surface area (Å²) in [6.07, 6.45) is 6.82. The van der Waals surface area contributed by atoms with Crippen LogP contribution in [0.25, 0.3) is 0 Å². The Balaban J connectivity index is 1.84. The van der Waals surface area contributed by atoms with Crippen LogP contribution in [0.15, 0.2) is 18.3 Å². The van der Waals surface area contributed by atoms with Gasteiger partial charge in [0.2, 0.25) is 5.88 Å². The molecule has 2 atom stereocenters. The van der Waals surface area contributed by atoms with Gasteiger partial charge in [-0.3, -0.25) is 0 Å². The number of rotatable bonds is 5. The Kier molecular flexibility index (Phi) is 5.59. The highest BCUT2D eigenvalue weighted by molar-refractivity contribution is 5.18. The van der Waals surface area contributed by atoms with Crippen LogP contribution >= 0.6 is 0 Å². The molecular formula is C17H28N2O2. The number of methoxy groups -OCH3 is 1. The third kappa shape index (κ3) is 5.64. The number of pyridine rings is 1. The quantitative estimate of drug-likeness (QED) is 0.904. The van der Waals surface area contributed by atoms with E-state index < -0.39 is 0 Å². The van der Waals surface area contributed by atoms with Crippen molar-refractivity contribution in [1.29, 1.82) is 0 Å². The molecule has 0 bridgehead atoms. The summed E-state index contributed by atoms with van der Waals surface area (Å²) in [5, 5.41) is 3.46. The first-order valence-electron chi connectivity index (χ1n) is 7.86. The highest BCUT2D eigenvalue weighted by Gasteiger charge is 2.23. The number of hydrogen-bond acceptors (Lipinski definition) is 4. The van der Waals surface area contributed by atoms with Crippen LogP contribution in [0.5, 0.6) is 5.88 Å². The molecule has 4 heteroatoms. The third-order valence-corrected chi connectivity index (χ3v) is 3.82. The van der Waals surface area contributed by atoms with Crippen molar-refractivity contribution in [3.63, 3.8) is 0 Å². The maximum Gasteiger partial charge on any atom is 0.213 e. The number of aromatic nitrogens is 1. The largest absolute Gasteiger partial charge is 0.474 e. The smallest absolute Gasteiger partial charge is 0.213 e. The van der Waals surface area contributed by atoms with Crippen LogP contribution in [-0.2, 0) is 11.3 Å². The summed E-state index contributed by atoms with van der Waals surface area (Å²) in [6, 6.07) is 4.05. The number of ether oxygens (including phenoxy) is 2. The van der Waals surface area contributed by atoms with Crippen LogP contribution in [0.3, 0.4) is 0 Å². The van der Waals surface area contributed by atoms with Crippen LogP contribution < -0.4 is 10.1 Å². The average Bonchev–Trinajstić information content (AvgIpc) is 2.46. The van der Waals surface area contributed by atoms with Crippen molar-refractivity contribution < 1.29 is 9.47 Å². The van der Waals surface area contributed by atoms with Gasteiger partial charge >= 0.3 is 0 Å². The molecule has 1 saturated carbocycles. The highest BCUT2D eigenvalue weighted by Crippen LogP contribution is 2.24. The van der Waals surface area contributed by atoms with Crippen molar-refractivity contribution in [2.75, 3.05) is 7.11 Å². The number of nitrogens with one attached hydrogen (secondary N) is 1. The minimum atomic E-state index is 0.117. The first-order chi connectivity index (χ1) is 9.96. The van der Waals surface area contributed by atoms with E-state index in [9.17, 15) is 0 Å². The van der Waals surface area contributed by atoms with Gasteiger partial charge in [-0.25, -0.2) is 4.98 Å². The highest BCUT2D eigenvalue weighted by atomic mass is 16.5. The molecule has 2 rings (SSSR count). The predicted octanol–water partition coefficient (Wildman–Crippen LogP) is 3.31. The predicted molar refractivity (Wildman–Crippen MR) is 84.5 cm³/mol. The van der Waals surface area contributed by atoms with Gasteiger partial charge in [0.15, 0.2) is 0 Å². The lowest BCUT2D eigenvalue weighted by Crippen LogP contribution is -2.35. The Labute approximate surface area is 128 Å². The van der Waals surface area contributed by atoms with Crippen molar-refractivity contribution in [3.8, 4) is 5.88 Å². The number of nitrogens with zero attached hydrogens (tertiary/aromatic N) is 1. The maximum atomic E-state index is 5.98. The molecule has 0 aliphatic heterocycles. The van der Waals surface area contributed by atoms with E-state index in [2.05, 4.69) is 37.1 Å². The van der Waals surface area contributed by atoms with E-state index in [0.29, 0.717) is 6.10 Å². The fourth-order valence-electron chi connectivity index (χ4n) is 2.55. The average molecular weight is 292 g/mol. The van der Waals surface area contributed by atoms with E-state index in [-0.39, 0.29) is 11.6 Å². The van der Waals surface area contributed by atoms with Gasteiger partial charge in [0.1, 0.15) is 6.10 Å². The van der Waals surface area contributed by atoms with Crippen LogP contribution in [0.2, 0.25) is 0 Å². The van der Waals surface area contributed by atoms with Crippen LogP contribution in [0, 0.1) is 0 Å². The normalized spacial score (nSPS) is 23.0. The zero-order chi connectivity index (χ0) is 15.3. The summed E-state index contributed by atoms with van der Waals surface area (Å²) < 4.78 is 11.4. The fourth-order valence-corrected chi connectivity index (χ4v) is 2.55. The Morgan fingerprint density at radius 3 is 2.62 bits per heavy atom. The van der Waals surface area contributed by atoms with E-state index in [1.54, 1.807) is 7.11 Å². The van der Waals surface area contributed by atoms with Gasteiger partial charge < -0.3 is 14.8 Å². The van der Waals surface area contributed by atoms with E-state index in [0.717, 1.165) is 38.1 Å². The van der Waals surface area contributed by atoms with Crippen LogP contribution in [0.4, 0.5) is 0 Å². The second-order valence-corrected chi connectivity index (χ2v) is 6.87. The minimum absolute atomic E-state index is 0.117. The molecule has 118 valence electrons. The molecule has 0 saturated heterocycles. The molecule has 1 aromatic rings. The van der Waals surface area contributed by atoms with Gasteiger partial charge in [0, 0.05) is 37.9 Å². The fraction of sp³-hybridized carbons (Fsp3) is 0.706. The minimum Gasteiger partial charge on any atom is -0.474 e. The Hall–Kier alpha value is -1.13. The molecule has 1 aromatic heterocycles. The molecule has 0 amide bonds. The van der Waals surface area contributed by atoms with Gasteiger partial charge in [0.25, 0.3) is 0 Å². The Morgan fingerprint density at radius 2 is 2.00 bits per heavy atom. The van der Waals surface area contributed by atoms with Crippen molar-refractivity contribution in [2.45, 2.75) is 70.7 Å². The zero-order valence-electron chi connectivity index (χ0n) is 13.7. The Bertz CT molecular complexity index is 425. The van der Waals surface area contributed by atoms with Gasteiger partial charge in [-0.2, -0.15) is 0 Å². The SMILES string of the molecule is COC1CCCC(Oc2ccc(CNC(C)(C)C)cn2)C1. The summed E-state index contributed by atoms with van der Waals surface area (Å²) in [6.45, 7) is 7.31. The molecule has 0 aromatic carbocycles. The molecule has 1 N–H and O–H groups in total. The molecular weight excluding hydrogens is 264 g/mol. The molecule has 4 nitrogen and oxygen atoms in total. The van der Waals surface area contributed by atoms with Crippen molar-refractivity contribution in [2.24, 2.45) is 0 Å². The van der Waals surface area contributed by atoms with Gasteiger partial charge in [-0.15, -0.1) is 0 Å². The molecule has 2 unspecified atom stereocenters.